The SMILES string of the molecule is CCC[C@H](NC(=O)[C@H](Cc1ccc2ccccc2c1)NC(=O)[C@H](CCC(=O)O)NC(=O)[C@@H](NC(=O)CCC(=O)O)C1CCCCC1)C(=O)O. The van der Waals surface area contributed by atoms with Crippen LogP contribution < -0.4 is 21.3 Å². The Bertz CT molecular complexity index is 1510. The molecule has 4 atom stereocenters. The molecule has 1 saturated carbocycles. The van der Waals surface area contributed by atoms with Crippen LogP contribution in [0, 0.1) is 5.92 Å². The summed E-state index contributed by atoms with van der Waals surface area (Å²) in [6.07, 6.45) is 2.74. The maximum atomic E-state index is 13.8. The molecule has 0 saturated heterocycles. The summed E-state index contributed by atoms with van der Waals surface area (Å²) in [5, 5.41) is 40.2. The summed E-state index contributed by atoms with van der Waals surface area (Å²) in [4.78, 5) is 88.0. The van der Waals surface area contributed by atoms with E-state index in [1.807, 2.05) is 36.4 Å². The molecule has 266 valence electrons. The Morgan fingerprint density at radius 1 is 0.673 bits per heavy atom. The second-order valence-corrected chi connectivity index (χ2v) is 12.5. The van der Waals surface area contributed by atoms with Crippen molar-refractivity contribution in [1.29, 1.82) is 0 Å². The number of amides is 4. The molecular weight excluding hydrogens is 636 g/mol. The van der Waals surface area contributed by atoms with Gasteiger partial charge in [-0.15, -0.1) is 0 Å². The lowest BCUT2D eigenvalue weighted by atomic mass is 9.83. The van der Waals surface area contributed by atoms with E-state index in [2.05, 4.69) is 21.3 Å². The number of fused-ring (bicyclic) bond motifs is 1. The van der Waals surface area contributed by atoms with Crippen molar-refractivity contribution in [3.8, 4) is 0 Å². The van der Waals surface area contributed by atoms with Gasteiger partial charge in [-0.2, -0.15) is 0 Å². The van der Waals surface area contributed by atoms with Crippen LogP contribution in [-0.4, -0.2) is 81.0 Å². The highest BCUT2D eigenvalue weighted by Crippen LogP contribution is 2.27. The number of hydrogen-bond acceptors (Lipinski definition) is 7. The average molecular weight is 683 g/mol. The van der Waals surface area contributed by atoms with Crippen molar-refractivity contribution in [2.45, 2.75) is 108 Å². The summed E-state index contributed by atoms with van der Waals surface area (Å²) in [5.74, 6) is -6.94. The maximum Gasteiger partial charge on any atom is 0.326 e. The first-order valence-corrected chi connectivity index (χ1v) is 16.7. The molecule has 0 radical (unpaired) electrons. The maximum absolute atomic E-state index is 13.8. The summed E-state index contributed by atoms with van der Waals surface area (Å²) in [6, 6.07) is 7.98. The third kappa shape index (κ3) is 12.5. The molecule has 0 bridgehead atoms. The van der Waals surface area contributed by atoms with Crippen LogP contribution in [0.25, 0.3) is 10.8 Å². The third-order valence-electron chi connectivity index (χ3n) is 8.64. The van der Waals surface area contributed by atoms with Crippen LogP contribution >= 0.6 is 0 Å². The molecule has 14 heteroatoms. The largest absolute Gasteiger partial charge is 0.481 e. The molecule has 7 N–H and O–H groups in total. The van der Waals surface area contributed by atoms with Gasteiger partial charge in [0.25, 0.3) is 0 Å². The first kappa shape index (κ1) is 38.4. The fourth-order valence-corrected chi connectivity index (χ4v) is 6.03. The molecule has 0 aliphatic heterocycles. The molecule has 2 aromatic carbocycles. The van der Waals surface area contributed by atoms with Crippen LogP contribution in [0.2, 0.25) is 0 Å². The number of aliphatic carboxylic acids is 3. The molecule has 0 unspecified atom stereocenters. The van der Waals surface area contributed by atoms with Crippen molar-refractivity contribution in [3.63, 3.8) is 0 Å². The quantitative estimate of drug-likeness (QED) is 0.115. The minimum absolute atomic E-state index is 0.0369. The van der Waals surface area contributed by atoms with Gasteiger partial charge in [-0.05, 0) is 47.9 Å². The van der Waals surface area contributed by atoms with Crippen molar-refractivity contribution in [1.82, 2.24) is 21.3 Å². The molecule has 1 fully saturated rings. The van der Waals surface area contributed by atoms with E-state index in [1.54, 1.807) is 13.0 Å². The minimum Gasteiger partial charge on any atom is -0.481 e. The number of nitrogens with one attached hydrogen (secondary N) is 4. The highest BCUT2D eigenvalue weighted by molar-refractivity contribution is 5.95. The van der Waals surface area contributed by atoms with Crippen LogP contribution in [0.4, 0.5) is 0 Å². The van der Waals surface area contributed by atoms with Crippen LogP contribution in [0.15, 0.2) is 42.5 Å². The van der Waals surface area contributed by atoms with Crippen LogP contribution in [0.1, 0.15) is 83.1 Å². The van der Waals surface area contributed by atoms with Gasteiger partial charge in [0.1, 0.15) is 24.2 Å². The van der Waals surface area contributed by atoms with Gasteiger partial charge in [-0.1, -0.05) is 75.1 Å². The zero-order chi connectivity index (χ0) is 35.9. The van der Waals surface area contributed by atoms with E-state index in [4.69, 9.17) is 5.11 Å². The van der Waals surface area contributed by atoms with Crippen molar-refractivity contribution >= 4 is 52.3 Å². The Morgan fingerprint density at radius 2 is 1.29 bits per heavy atom. The predicted octanol–water partition coefficient (Wildman–Crippen LogP) is 2.52. The molecular formula is C35H46N4O10. The summed E-state index contributed by atoms with van der Waals surface area (Å²) < 4.78 is 0. The second kappa shape index (κ2) is 19.1. The van der Waals surface area contributed by atoms with E-state index in [1.165, 1.54) is 0 Å². The van der Waals surface area contributed by atoms with E-state index in [-0.39, 0.29) is 31.6 Å². The molecule has 3 rings (SSSR count). The Kier molecular flexibility index (Phi) is 15.0. The highest BCUT2D eigenvalue weighted by atomic mass is 16.4. The lowest BCUT2D eigenvalue weighted by Gasteiger charge is -2.31. The molecule has 0 spiro atoms. The van der Waals surface area contributed by atoms with Gasteiger partial charge in [0.15, 0.2) is 0 Å². The third-order valence-corrected chi connectivity index (χ3v) is 8.64. The standard InChI is InChI=1S/C35H46N4O10/c1-2-8-26(35(48)49)37-33(46)27(20-21-13-14-22-9-6-7-12-24(22)19-21)38-32(45)25(15-17-29(41)42)36-34(47)31(23-10-4-3-5-11-23)39-28(40)16-18-30(43)44/h6-7,9,12-14,19,23,25-27,31H,2-5,8,10-11,15-18,20H2,1H3,(H,36,47)(H,37,46)(H,38,45)(H,39,40)(H,41,42)(H,43,44)(H,48,49)/t25-,26-,27-,31-/m0/s1. The fourth-order valence-electron chi connectivity index (χ4n) is 6.03. The Balaban J connectivity index is 1.88. The molecule has 0 heterocycles. The lowest BCUT2D eigenvalue weighted by molar-refractivity contribution is -0.142. The number of carbonyl (C=O) groups excluding carboxylic acids is 4. The Morgan fingerprint density at radius 3 is 1.92 bits per heavy atom. The van der Waals surface area contributed by atoms with Gasteiger partial charge in [0.2, 0.25) is 23.6 Å². The number of rotatable bonds is 19. The number of carboxylic acids is 3. The Hall–Kier alpha value is -5.01. The normalized spacial score (nSPS) is 15.6. The van der Waals surface area contributed by atoms with E-state index in [0.29, 0.717) is 24.8 Å². The van der Waals surface area contributed by atoms with E-state index in [0.717, 1.165) is 30.0 Å². The summed E-state index contributed by atoms with van der Waals surface area (Å²) in [5.41, 5.74) is 0.661. The van der Waals surface area contributed by atoms with E-state index in [9.17, 15) is 43.8 Å². The molecule has 4 amide bonds. The van der Waals surface area contributed by atoms with Gasteiger partial charge in [-0.3, -0.25) is 28.8 Å². The molecule has 49 heavy (non-hydrogen) atoms. The average Bonchev–Trinajstić information content (AvgIpc) is 3.07. The van der Waals surface area contributed by atoms with Crippen molar-refractivity contribution in [3.05, 3.63) is 48.0 Å². The van der Waals surface area contributed by atoms with Crippen molar-refractivity contribution < 1.29 is 48.9 Å². The smallest absolute Gasteiger partial charge is 0.326 e. The number of carbonyl (C=O) groups is 7. The first-order chi connectivity index (χ1) is 23.4. The zero-order valence-electron chi connectivity index (χ0n) is 27.6. The van der Waals surface area contributed by atoms with E-state index >= 15 is 0 Å². The minimum atomic E-state index is -1.43. The fraction of sp³-hybridized carbons (Fsp3) is 0.514. The highest BCUT2D eigenvalue weighted by Gasteiger charge is 2.35. The Labute approximate surface area is 284 Å². The molecule has 14 nitrogen and oxygen atoms in total. The number of hydrogen-bond donors (Lipinski definition) is 7. The number of benzene rings is 2. The van der Waals surface area contributed by atoms with E-state index < -0.39 is 78.5 Å². The van der Waals surface area contributed by atoms with Gasteiger partial charge < -0.3 is 36.6 Å². The van der Waals surface area contributed by atoms with Gasteiger partial charge in [-0.25, -0.2) is 4.79 Å². The summed E-state index contributed by atoms with van der Waals surface area (Å²) in [6.45, 7) is 1.77. The van der Waals surface area contributed by atoms with Gasteiger partial charge >= 0.3 is 17.9 Å². The number of carboxylic acid groups (broad SMARTS) is 3. The van der Waals surface area contributed by atoms with Crippen molar-refractivity contribution in [2.75, 3.05) is 0 Å². The lowest BCUT2D eigenvalue weighted by Crippen LogP contribution is -2.59. The van der Waals surface area contributed by atoms with Crippen LogP contribution in [0.5, 0.6) is 0 Å². The molecule has 0 aromatic heterocycles. The van der Waals surface area contributed by atoms with Gasteiger partial charge in [0.05, 0.1) is 6.42 Å². The molecule has 1 aliphatic carbocycles. The van der Waals surface area contributed by atoms with Gasteiger partial charge in [0, 0.05) is 19.3 Å². The molecule has 1 aliphatic rings. The molecule has 2 aromatic rings. The topological polar surface area (TPSA) is 228 Å². The monoisotopic (exact) mass is 682 g/mol. The zero-order valence-corrected chi connectivity index (χ0v) is 27.6. The van der Waals surface area contributed by atoms with Crippen molar-refractivity contribution in [2.24, 2.45) is 5.92 Å². The predicted molar refractivity (Wildman–Crippen MR) is 178 cm³/mol. The first-order valence-electron chi connectivity index (χ1n) is 16.7. The van der Waals surface area contributed by atoms with Crippen LogP contribution in [-0.2, 0) is 40.0 Å². The van der Waals surface area contributed by atoms with Crippen LogP contribution in [0.3, 0.4) is 0 Å². The summed E-state index contributed by atoms with van der Waals surface area (Å²) in [7, 11) is 0. The second-order valence-electron chi connectivity index (χ2n) is 12.5. The summed E-state index contributed by atoms with van der Waals surface area (Å²) >= 11 is 0.